The molecule has 1 fully saturated rings. The van der Waals surface area contributed by atoms with Crippen LogP contribution in [0.25, 0.3) is 0 Å². The molecule has 1 saturated heterocycles. The van der Waals surface area contributed by atoms with Crippen molar-refractivity contribution in [2.45, 2.75) is 25.8 Å². The van der Waals surface area contributed by atoms with Gasteiger partial charge in [-0.15, -0.1) is 0 Å². The van der Waals surface area contributed by atoms with Crippen LogP contribution in [0.15, 0.2) is 48.8 Å². The highest BCUT2D eigenvalue weighted by Gasteiger charge is 2.19. The van der Waals surface area contributed by atoms with Crippen molar-refractivity contribution in [3.05, 3.63) is 65.5 Å². The zero-order valence-corrected chi connectivity index (χ0v) is 13.2. The van der Waals surface area contributed by atoms with Gasteiger partial charge in [0.25, 0.3) is 0 Å². The van der Waals surface area contributed by atoms with Crippen molar-refractivity contribution in [3.63, 3.8) is 0 Å². The van der Waals surface area contributed by atoms with Gasteiger partial charge in [-0.3, -0.25) is 9.88 Å². The van der Waals surface area contributed by atoms with E-state index in [9.17, 15) is 4.79 Å². The second kappa shape index (κ2) is 7.38. The highest BCUT2D eigenvalue weighted by atomic mass is 16.4. The number of carboxylic acids is 1. The number of aromatic carboxylic acids is 1. The molecule has 1 aliphatic rings. The SMILES string of the molecule is O=C(O)c1ccc(CN2CCC(Cc3cccnc3)CC2)cc1. The summed E-state index contributed by atoms with van der Waals surface area (Å²) in [5.74, 6) is -0.127. The number of carbonyl (C=O) groups is 1. The predicted octanol–water partition coefficient (Wildman–Crippen LogP) is 3.23. The number of aromatic nitrogens is 1. The van der Waals surface area contributed by atoms with Gasteiger partial charge in [0, 0.05) is 18.9 Å². The monoisotopic (exact) mass is 310 g/mol. The fraction of sp³-hybridized carbons (Fsp3) is 0.368. The van der Waals surface area contributed by atoms with Crippen molar-refractivity contribution in [2.24, 2.45) is 5.92 Å². The van der Waals surface area contributed by atoms with Crippen molar-refractivity contribution in [1.29, 1.82) is 0 Å². The van der Waals surface area contributed by atoms with E-state index in [1.165, 1.54) is 24.0 Å². The van der Waals surface area contributed by atoms with E-state index in [-0.39, 0.29) is 0 Å². The molecular formula is C19H22N2O2. The summed E-state index contributed by atoms with van der Waals surface area (Å²) in [5.41, 5.74) is 2.86. The van der Waals surface area contributed by atoms with Crippen molar-refractivity contribution in [2.75, 3.05) is 13.1 Å². The van der Waals surface area contributed by atoms with Gasteiger partial charge in [-0.05, 0) is 67.6 Å². The van der Waals surface area contributed by atoms with Crippen LogP contribution in [0.4, 0.5) is 0 Å². The van der Waals surface area contributed by atoms with Gasteiger partial charge < -0.3 is 5.11 Å². The van der Waals surface area contributed by atoms with Crippen LogP contribution in [0, 0.1) is 5.92 Å². The number of pyridine rings is 1. The van der Waals surface area contributed by atoms with Gasteiger partial charge in [0.15, 0.2) is 0 Å². The number of carboxylic acid groups (broad SMARTS) is 1. The molecule has 2 aromatic rings. The summed E-state index contributed by atoms with van der Waals surface area (Å²) in [6, 6.07) is 11.4. The van der Waals surface area contributed by atoms with E-state index in [1.807, 2.05) is 30.6 Å². The maximum atomic E-state index is 10.9. The lowest BCUT2D eigenvalue weighted by Crippen LogP contribution is -2.33. The zero-order chi connectivity index (χ0) is 16.1. The Hall–Kier alpha value is -2.20. The molecule has 0 radical (unpaired) electrons. The number of rotatable bonds is 5. The molecule has 2 heterocycles. The molecule has 0 unspecified atom stereocenters. The second-order valence-corrected chi connectivity index (χ2v) is 6.29. The fourth-order valence-electron chi connectivity index (χ4n) is 3.21. The summed E-state index contributed by atoms with van der Waals surface area (Å²) in [6.45, 7) is 3.11. The Morgan fingerprint density at radius 1 is 1.13 bits per heavy atom. The van der Waals surface area contributed by atoms with E-state index >= 15 is 0 Å². The van der Waals surface area contributed by atoms with Gasteiger partial charge in [0.2, 0.25) is 0 Å². The third-order valence-corrected chi connectivity index (χ3v) is 4.56. The Bertz CT molecular complexity index is 632. The minimum Gasteiger partial charge on any atom is -0.478 e. The summed E-state index contributed by atoms with van der Waals surface area (Å²) in [7, 11) is 0. The van der Waals surface area contributed by atoms with E-state index in [4.69, 9.17) is 5.11 Å². The van der Waals surface area contributed by atoms with Gasteiger partial charge in [0.1, 0.15) is 0 Å². The summed E-state index contributed by atoms with van der Waals surface area (Å²) in [5, 5.41) is 8.93. The summed E-state index contributed by atoms with van der Waals surface area (Å²) in [4.78, 5) is 17.5. The molecule has 1 aliphatic heterocycles. The molecule has 0 aliphatic carbocycles. The van der Waals surface area contributed by atoms with Crippen LogP contribution in [0.2, 0.25) is 0 Å². The molecular weight excluding hydrogens is 288 g/mol. The van der Waals surface area contributed by atoms with Gasteiger partial charge in [0.05, 0.1) is 5.56 Å². The van der Waals surface area contributed by atoms with Gasteiger partial charge in [-0.25, -0.2) is 4.79 Å². The summed E-state index contributed by atoms with van der Waals surface area (Å²) < 4.78 is 0. The van der Waals surface area contributed by atoms with Crippen molar-refractivity contribution >= 4 is 5.97 Å². The maximum absolute atomic E-state index is 10.9. The zero-order valence-electron chi connectivity index (χ0n) is 13.2. The summed E-state index contributed by atoms with van der Waals surface area (Å²) >= 11 is 0. The van der Waals surface area contributed by atoms with Crippen LogP contribution in [-0.4, -0.2) is 34.0 Å². The molecule has 4 heteroatoms. The molecule has 0 atom stereocenters. The maximum Gasteiger partial charge on any atom is 0.335 e. The lowest BCUT2D eigenvalue weighted by atomic mass is 9.90. The first kappa shape index (κ1) is 15.7. The largest absolute Gasteiger partial charge is 0.478 e. The Morgan fingerprint density at radius 3 is 2.48 bits per heavy atom. The average Bonchev–Trinajstić information content (AvgIpc) is 2.58. The third kappa shape index (κ3) is 4.39. The molecule has 1 aromatic carbocycles. The fourth-order valence-corrected chi connectivity index (χ4v) is 3.21. The average molecular weight is 310 g/mol. The minimum atomic E-state index is -0.868. The number of hydrogen-bond acceptors (Lipinski definition) is 3. The molecule has 23 heavy (non-hydrogen) atoms. The van der Waals surface area contributed by atoms with Crippen molar-refractivity contribution < 1.29 is 9.90 Å². The minimum absolute atomic E-state index is 0.351. The quantitative estimate of drug-likeness (QED) is 0.921. The highest BCUT2D eigenvalue weighted by molar-refractivity contribution is 5.87. The molecule has 0 spiro atoms. The lowest BCUT2D eigenvalue weighted by molar-refractivity contribution is 0.0697. The molecule has 120 valence electrons. The highest BCUT2D eigenvalue weighted by Crippen LogP contribution is 2.22. The van der Waals surface area contributed by atoms with E-state index < -0.39 is 5.97 Å². The Kier molecular flexibility index (Phi) is 5.03. The lowest BCUT2D eigenvalue weighted by Gasteiger charge is -2.32. The third-order valence-electron chi connectivity index (χ3n) is 4.56. The normalized spacial score (nSPS) is 16.3. The first-order valence-corrected chi connectivity index (χ1v) is 8.14. The van der Waals surface area contributed by atoms with Crippen LogP contribution >= 0.6 is 0 Å². The second-order valence-electron chi connectivity index (χ2n) is 6.29. The molecule has 3 rings (SSSR count). The van der Waals surface area contributed by atoms with Crippen molar-refractivity contribution in [1.82, 2.24) is 9.88 Å². The topological polar surface area (TPSA) is 53.4 Å². The van der Waals surface area contributed by atoms with Crippen LogP contribution in [0.3, 0.4) is 0 Å². The molecule has 4 nitrogen and oxygen atoms in total. The predicted molar refractivity (Wildman–Crippen MR) is 89.3 cm³/mol. The molecule has 1 aromatic heterocycles. The van der Waals surface area contributed by atoms with Crippen LogP contribution in [-0.2, 0) is 13.0 Å². The van der Waals surface area contributed by atoms with Crippen molar-refractivity contribution in [3.8, 4) is 0 Å². The summed E-state index contributed by atoms with van der Waals surface area (Å²) in [6.07, 6.45) is 7.33. The van der Waals surface area contributed by atoms with E-state index in [2.05, 4.69) is 16.0 Å². The van der Waals surface area contributed by atoms with E-state index in [0.29, 0.717) is 5.56 Å². The molecule has 0 bridgehead atoms. The number of piperidine rings is 1. The Morgan fingerprint density at radius 2 is 1.87 bits per heavy atom. The van der Waals surface area contributed by atoms with E-state index in [1.54, 1.807) is 12.1 Å². The Balaban J connectivity index is 1.48. The van der Waals surface area contributed by atoms with E-state index in [0.717, 1.165) is 32.0 Å². The number of benzene rings is 1. The molecule has 1 N–H and O–H groups in total. The smallest absolute Gasteiger partial charge is 0.335 e. The van der Waals surface area contributed by atoms with Crippen LogP contribution < -0.4 is 0 Å². The van der Waals surface area contributed by atoms with Crippen LogP contribution in [0.1, 0.15) is 34.3 Å². The standard InChI is InChI=1S/C19H22N2O2/c22-19(23)18-5-3-16(4-6-18)14-21-10-7-15(8-11-21)12-17-2-1-9-20-13-17/h1-6,9,13,15H,7-8,10-12,14H2,(H,22,23). The van der Waals surface area contributed by atoms with Crippen LogP contribution in [0.5, 0.6) is 0 Å². The van der Waals surface area contributed by atoms with Gasteiger partial charge in [-0.1, -0.05) is 18.2 Å². The first-order valence-electron chi connectivity index (χ1n) is 8.14. The number of likely N-dealkylation sites (tertiary alicyclic amines) is 1. The first-order chi connectivity index (χ1) is 11.2. The molecule has 0 amide bonds. The van der Waals surface area contributed by atoms with Gasteiger partial charge in [-0.2, -0.15) is 0 Å². The number of nitrogens with zero attached hydrogens (tertiary/aromatic N) is 2. The Labute approximate surface area is 136 Å². The number of hydrogen-bond donors (Lipinski definition) is 1. The molecule has 0 saturated carbocycles. The van der Waals surface area contributed by atoms with Gasteiger partial charge >= 0.3 is 5.97 Å².